The summed E-state index contributed by atoms with van der Waals surface area (Å²) in [4.78, 5) is 28.3. The molecule has 1 amide bonds. The van der Waals surface area contributed by atoms with Crippen LogP contribution in [0.5, 0.6) is 0 Å². The maximum Gasteiger partial charge on any atom is 0.251 e. The number of aromatic nitrogens is 2. The van der Waals surface area contributed by atoms with E-state index in [9.17, 15) is 9.59 Å². The third-order valence-corrected chi connectivity index (χ3v) is 4.59. The lowest BCUT2D eigenvalue weighted by molar-refractivity contribution is -0.116. The summed E-state index contributed by atoms with van der Waals surface area (Å²) in [5, 5.41) is 5.14. The summed E-state index contributed by atoms with van der Waals surface area (Å²) < 4.78 is 2.08. The number of aryl methyl sites for hydroxylation is 1. The first-order valence-corrected chi connectivity index (χ1v) is 8.87. The molecule has 24 heavy (non-hydrogen) atoms. The van der Waals surface area contributed by atoms with Crippen LogP contribution in [0.2, 0.25) is 0 Å². The molecule has 0 unspecified atom stereocenters. The van der Waals surface area contributed by atoms with Crippen LogP contribution in [0, 0.1) is 6.92 Å². The second kappa shape index (κ2) is 7.11. The van der Waals surface area contributed by atoms with Gasteiger partial charge < -0.3 is 9.88 Å². The van der Waals surface area contributed by atoms with Crippen molar-refractivity contribution >= 4 is 38.3 Å². The zero-order valence-corrected chi connectivity index (χ0v) is 15.2. The minimum Gasteiger partial charge on any atom is -0.305 e. The van der Waals surface area contributed by atoms with Crippen molar-refractivity contribution in [3.8, 4) is 11.3 Å². The van der Waals surface area contributed by atoms with Gasteiger partial charge in [0.15, 0.2) is 5.13 Å². The van der Waals surface area contributed by atoms with E-state index in [0.717, 1.165) is 15.7 Å². The monoisotopic (exact) mass is 403 g/mol. The molecular formula is C17H14BrN3O2S. The summed E-state index contributed by atoms with van der Waals surface area (Å²) in [6.45, 7) is 1.97. The van der Waals surface area contributed by atoms with Gasteiger partial charge in [-0.15, -0.1) is 11.3 Å². The van der Waals surface area contributed by atoms with E-state index >= 15 is 0 Å². The summed E-state index contributed by atoms with van der Waals surface area (Å²) in [5.74, 6) is -0.292. The highest BCUT2D eigenvalue weighted by Crippen LogP contribution is 2.25. The summed E-state index contributed by atoms with van der Waals surface area (Å²) >= 11 is 4.64. The standard InChI is InChI=1S/C17H14BrN3O2S/c1-11-2-4-12(5-3-11)14-10-24-17(19-14)20-15(22)9-21-8-13(18)6-7-16(21)23/h2-8,10H,9H2,1H3,(H,19,20,22). The lowest BCUT2D eigenvalue weighted by Gasteiger charge is -2.05. The molecule has 3 rings (SSSR count). The van der Waals surface area contributed by atoms with E-state index in [-0.39, 0.29) is 18.0 Å². The zero-order valence-electron chi connectivity index (χ0n) is 12.8. The van der Waals surface area contributed by atoms with Gasteiger partial charge in [0, 0.05) is 27.7 Å². The largest absolute Gasteiger partial charge is 0.305 e. The van der Waals surface area contributed by atoms with E-state index in [4.69, 9.17) is 0 Å². The number of anilines is 1. The average molecular weight is 404 g/mol. The minimum atomic E-state index is -0.292. The Labute approximate surface area is 151 Å². The number of carbonyl (C=O) groups is 1. The van der Waals surface area contributed by atoms with Gasteiger partial charge in [0.2, 0.25) is 5.91 Å². The minimum absolute atomic E-state index is 0.0578. The molecule has 1 N–H and O–H groups in total. The van der Waals surface area contributed by atoms with Crippen LogP contribution in [0.1, 0.15) is 5.56 Å². The predicted molar refractivity (Wildman–Crippen MR) is 99.3 cm³/mol. The number of thiazole rings is 1. The summed E-state index contributed by atoms with van der Waals surface area (Å²) in [5.41, 5.74) is 2.77. The van der Waals surface area contributed by atoms with Gasteiger partial charge in [-0.2, -0.15) is 0 Å². The second-order valence-corrected chi connectivity index (χ2v) is 7.04. The first kappa shape index (κ1) is 16.6. The molecule has 2 aromatic heterocycles. The number of benzene rings is 1. The van der Waals surface area contributed by atoms with Crippen LogP contribution in [0.3, 0.4) is 0 Å². The molecule has 0 atom stereocenters. The fourth-order valence-electron chi connectivity index (χ4n) is 2.13. The van der Waals surface area contributed by atoms with Crippen LogP contribution in [0.15, 0.2) is 57.2 Å². The average Bonchev–Trinajstić information content (AvgIpc) is 3.00. The highest BCUT2D eigenvalue weighted by atomic mass is 79.9. The van der Waals surface area contributed by atoms with E-state index in [2.05, 4.69) is 26.2 Å². The lowest BCUT2D eigenvalue weighted by atomic mass is 10.1. The van der Waals surface area contributed by atoms with Crippen LogP contribution in [0.4, 0.5) is 5.13 Å². The SMILES string of the molecule is Cc1ccc(-c2csc(NC(=O)Cn3cc(Br)ccc3=O)n2)cc1. The van der Waals surface area contributed by atoms with Crippen LogP contribution in [0.25, 0.3) is 11.3 Å². The Morgan fingerprint density at radius 1 is 1.25 bits per heavy atom. The van der Waals surface area contributed by atoms with E-state index in [1.807, 2.05) is 36.6 Å². The Morgan fingerprint density at radius 3 is 2.75 bits per heavy atom. The highest BCUT2D eigenvalue weighted by Gasteiger charge is 2.09. The Kier molecular flexibility index (Phi) is 4.92. The number of halogens is 1. The molecule has 0 aliphatic heterocycles. The van der Waals surface area contributed by atoms with Crippen LogP contribution >= 0.6 is 27.3 Å². The van der Waals surface area contributed by atoms with Crippen molar-refractivity contribution in [2.24, 2.45) is 0 Å². The smallest absolute Gasteiger partial charge is 0.251 e. The van der Waals surface area contributed by atoms with Crippen LogP contribution in [-0.4, -0.2) is 15.5 Å². The Hall–Kier alpha value is -2.25. The Balaban J connectivity index is 1.70. The molecule has 5 nitrogen and oxygen atoms in total. The van der Waals surface area contributed by atoms with Crippen molar-refractivity contribution in [3.05, 3.63) is 68.4 Å². The van der Waals surface area contributed by atoms with Gasteiger partial charge in [-0.25, -0.2) is 4.98 Å². The van der Waals surface area contributed by atoms with Crippen LogP contribution < -0.4 is 10.9 Å². The van der Waals surface area contributed by atoms with Crippen molar-refractivity contribution < 1.29 is 4.79 Å². The van der Waals surface area contributed by atoms with Gasteiger partial charge >= 0.3 is 0 Å². The van der Waals surface area contributed by atoms with Crippen molar-refractivity contribution in [2.45, 2.75) is 13.5 Å². The van der Waals surface area contributed by atoms with E-state index in [0.29, 0.717) is 5.13 Å². The van der Waals surface area contributed by atoms with E-state index in [1.54, 1.807) is 12.3 Å². The van der Waals surface area contributed by atoms with Crippen molar-refractivity contribution in [1.82, 2.24) is 9.55 Å². The molecule has 0 bridgehead atoms. The number of pyridine rings is 1. The van der Waals surface area contributed by atoms with Crippen molar-refractivity contribution in [3.63, 3.8) is 0 Å². The first-order valence-electron chi connectivity index (χ1n) is 7.20. The molecule has 0 fully saturated rings. The number of amides is 1. The zero-order chi connectivity index (χ0) is 17.1. The third kappa shape index (κ3) is 3.98. The molecule has 0 saturated heterocycles. The predicted octanol–water partition coefficient (Wildman–Crippen LogP) is 3.68. The molecule has 2 heterocycles. The quantitative estimate of drug-likeness (QED) is 0.722. The third-order valence-electron chi connectivity index (χ3n) is 3.36. The number of nitrogens with one attached hydrogen (secondary N) is 1. The van der Waals surface area contributed by atoms with Gasteiger partial charge in [-0.3, -0.25) is 9.59 Å². The maximum atomic E-state index is 12.1. The fraction of sp³-hybridized carbons (Fsp3) is 0.118. The second-order valence-electron chi connectivity index (χ2n) is 5.27. The highest BCUT2D eigenvalue weighted by molar-refractivity contribution is 9.10. The van der Waals surface area contributed by atoms with Gasteiger partial charge in [0.25, 0.3) is 5.56 Å². The molecule has 3 aromatic rings. The summed E-state index contributed by atoms with van der Waals surface area (Å²) in [7, 11) is 0. The molecule has 122 valence electrons. The molecule has 0 aliphatic rings. The van der Waals surface area contributed by atoms with E-state index in [1.165, 1.54) is 27.5 Å². The summed E-state index contributed by atoms with van der Waals surface area (Å²) in [6, 6.07) is 11.1. The number of hydrogen-bond acceptors (Lipinski definition) is 4. The molecule has 7 heteroatoms. The maximum absolute atomic E-state index is 12.1. The topological polar surface area (TPSA) is 64.0 Å². The Bertz CT molecular complexity index is 932. The first-order chi connectivity index (χ1) is 11.5. The van der Waals surface area contributed by atoms with Gasteiger partial charge in [0.1, 0.15) is 6.54 Å². The van der Waals surface area contributed by atoms with E-state index < -0.39 is 0 Å². The molecule has 0 spiro atoms. The number of hydrogen-bond donors (Lipinski definition) is 1. The van der Waals surface area contributed by atoms with Gasteiger partial charge in [0.05, 0.1) is 5.69 Å². The van der Waals surface area contributed by atoms with Gasteiger partial charge in [-0.05, 0) is 28.9 Å². The van der Waals surface area contributed by atoms with Crippen molar-refractivity contribution in [1.29, 1.82) is 0 Å². The van der Waals surface area contributed by atoms with Crippen LogP contribution in [-0.2, 0) is 11.3 Å². The lowest BCUT2D eigenvalue weighted by Crippen LogP contribution is -2.26. The molecular weight excluding hydrogens is 390 g/mol. The summed E-state index contributed by atoms with van der Waals surface area (Å²) in [6.07, 6.45) is 1.58. The number of rotatable bonds is 4. The van der Waals surface area contributed by atoms with Gasteiger partial charge in [-0.1, -0.05) is 29.8 Å². The molecule has 0 aliphatic carbocycles. The molecule has 0 radical (unpaired) electrons. The number of nitrogens with zero attached hydrogens (tertiary/aromatic N) is 2. The Morgan fingerprint density at radius 2 is 2.00 bits per heavy atom. The number of carbonyl (C=O) groups excluding carboxylic acids is 1. The van der Waals surface area contributed by atoms with Crippen molar-refractivity contribution in [2.75, 3.05) is 5.32 Å². The molecule has 1 aromatic carbocycles. The molecule has 0 saturated carbocycles. The fourth-order valence-corrected chi connectivity index (χ4v) is 3.24. The normalized spacial score (nSPS) is 10.6.